The highest BCUT2D eigenvalue weighted by atomic mass is 32.2. The Kier molecular flexibility index (Phi) is 14.4. The summed E-state index contributed by atoms with van der Waals surface area (Å²) in [6, 6.07) is 31.3. The maximum absolute atomic E-state index is 12.9. The van der Waals surface area contributed by atoms with Crippen molar-refractivity contribution in [3.63, 3.8) is 0 Å². The minimum absolute atomic E-state index is 0.0660. The summed E-state index contributed by atoms with van der Waals surface area (Å²) in [5.41, 5.74) is 1.80. The number of rotatable bonds is 18. The number of aryl methyl sites for hydroxylation is 1. The Balaban J connectivity index is 1.29. The van der Waals surface area contributed by atoms with Gasteiger partial charge in [-0.1, -0.05) is 48.5 Å². The molecule has 1 unspecified atom stereocenters. The van der Waals surface area contributed by atoms with Gasteiger partial charge in [0, 0.05) is 22.6 Å². The van der Waals surface area contributed by atoms with Gasteiger partial charge in [-0.3, -0.25) is 19.1 Å². The van der Waals surface area contributed by atoms with Crippen molar-refractivity contribution in [1.82, 2.24) is 4.72 Å². The predicted octanol–water partition coefficient (Wildman–Crippen LogP) is 6.60. The monoisotopic (exact) mass is 674 g/mol. The third kappa shape index (κ3) is 12.3. The van der Waals surface area contributed by atoms with Crippen LogP contribution in [0.2, 0.25) is 0 Å². The number of methoxy groups -OCH3 is 1. The molecule has 0 fully saturated rings. The van der Waals surface area contributed by atoms with Gasteiger partial charge in [0.15, 0.2) is 11.0 Å². The summed E-state index contributed by atoms with van der Waals surface area (Å²) in [5.74, 6) is 0.964. The second-order valence-corrected chi connectivity index (χ2v) is 12.7. The molecule has 9 nitrogen and oxygen atoms in total. The molecule has 0 saturated heterocycles. The molecule has 1 atom stereocenters. The zero-order valence-corrected chi connectivity index (χ0v) is 27.8. The normalized spacial score (nSPS) is 11.3. The van der Waals surface area contributed by atoms with Crippen LogP contribution in [0.15, 0.2) is 113 Å². The van der Waals surface area contributed by atoms with E-state index in [2.05, 4.69) is 14.8 Å². The lowest BCUT2D eigenvalue weighted by molar-refractivity contribution is -0.141. The van der Waals surface area contributed by atoms with Crippen molar-refractivity contribution in [2.24, 2.45) is 0 Å². The number of ether oxygens (including phenoxy) is 3. The van der Waals surface area contributed by atoms with E-state index in [1.54, 1.807) is 48.5 Å². The average Bonchev–Trinajstić information content (AvgIpc) is 3.10. The number of hydrogen-bond acceptors (Lipinski definition) is 8. The van der Waals surface area contributed by atoms with Crippen LogP contribution in [0.4, 0.5) is 5.69 Å². The van der Waals surface area contributed by atoms with Crippen molar-refractivity contribution in [3.8, 4) is 11.5 Å². The first kappa shape index (κ1) is 35.2. The van der Waals surface area contributed by atoms with E-state index in [4.69, 9.17) is 9.47 Å². The summed E-state index contributed by atoms with van der Waals surface area (Å²) in [4.78, 5) is 38.3. The van der Waals surface area contributed by atoms with Crippen molar-refractivity contribution >= 4 is 46.2 Å². The highest BCUT2D eigenvalue weighted by Crippen LogP contribution is 2.30. The standard InChI is InChI=1S/C36H38N2O7S2/c1-43-35(40)21-20-34(39)37-32-26-28(36(41)38-47(42)31-12-6-3-7-13-31)16-19-33(32)46-25-22-27-14-17-30(18-15-27)45-24-9-8-23-44-29-10-4-2-5-11-29/h2-7,10-19,26H,8-9,20-25H2,1H3,(H,37,39)(H,38,41). The van der Waals surface area contributed by atoms with Crippen LogP contribution in [0, 0.1) is 0 Å². The van der Waals surface area contributed by atoms with Crippen molar-refractivity contribution < 1.29 is 32.8 Å². The first-order valence-corrected chi connectivity index (χ1v) is 17.4. The third-order valence-corrected chi connectivity index (χ3v) is 8.98. The van der Waals surface area contributed by atoms with Crippen molar-refractivity contribution in [2.75, 3.05) is 31.4 Å². The fourth-order valence-corrected chi connectivity index (χ4v) is 6.10. The van der Waals surface area contributed by atoms with E-state index >= 15 is 0 Å². The van der Waals surface area contributed by atoms with Crippen molar-refractivity contribution in [1.29, 1.82) is 0 Å². The topological polar surface area (TPSA) is 120 Å². The summed E-state index contributed by atoms with van der Waals surface area (Å²) in [7, 11) is -0.476. The Hall–Kier alpha value is -4.61. The Bertz CT molecular complexity index is 1620. The van der Waals surface area contributed by atoms with Crippen LogP contribution in [0.25, 0.3) is 0 Å². The lowest BCUT2D eigenvalue weighted by Crippen LogP contribution is -2.26. The van der Waals surface area contributed by atoms with Crippen LogP contribution in [-0.4, -0.2) is 48.1 Å². The Labute approximate surface area is 282 Å². The zero-order valence-electron chi connectivity index (χ0n) is 26.1. The van der Waals surface area contributed by atoms with E-state index in [0.717, 1.165) is 41.2 Å². The number of esters is 1. The number of anilines is 1. The minimum atomic E-state index is -1.74. The molecule has 0 aliphatic rings. The van der Waals surface area contributed by atoms with Crippen LogP contribution in [0.3, 0.4) is 0 Å². The molecule has 47 heavy (non-hydrogen) atoms. The molecule has 0 bridgehead atoms. The number of para-hydroxylation sites is 1. The predicted molar refractivity (Wildman–Crippen MR) is 184 cm³/mol. The molecule has 246 valence electrons. The lowest BCUT2D eigenvalue weighted by Gasteiger charge is -2.13. The van der Waals surface area contributed by atoms with Crippen molar-refractivity contribution in [3.05, 3.63) is 114 Å². The maximum atomic E-state index is 12.9. The van der Waals surface area contributed by atoms with Crippen LogP contribution in [0.1, 0.15) is 41.6 Å². The Morgan fingerprint density at radius 1 is 0.766 bits per heavy atom. The lowest BCUT2D eigenvalue weighted by atomic mass is 10.2. The number of carbonyl (C=O) groups excluding carboxylic acids is 3. The van der Waals surface area contributed by atoms with E-state index in [0.29, 0.717) is 29.5 Å². The van der Waals surface area contributed by atoms with Gasteiger partial charge in [0.1, 0.15) is 11.5 Å². The van der Waals surface area contributed by atoms with Crippen LogP contribution < -0.4 is 19.5 Å². The Morgan fingerprint density at radius 3 is 2.06 bits per heavy atom. The number of amides is 2. The summed E-state index contributed by atoms with van der Waals surface area (Å²) >= 11 is 1.53. The van der Waals surface area contributed by atoms with Crippen molar-refractivity contribution in [2.45, 2.75) is 41.9 Å². The Morgan fingerprint density at radius 2 is 1.40 bits per heavy atom. The first-order chi connectivity index (χ1) is 22.9. The second kappa shape index (κ2) is 19.1. The highest BCUT2D eigenvalue weighted by molar-refractivity contribution is 7.99. The van der Waals surface area contributed by atoms with Gasteiger partial charge >= 0.3 is 5.97 Å². The van der Waals surface area contributed by atoms with Gasteiger partial charge in [-0.25, -0.2) is 4.21 Å². The van der Waals surface area contributed by atoms with Crippen LogP contribution >= 0.6 is 11.8 Å². The molecular formula is C36H38N2O7S2. The largest absolute Gasteiger partial charge is 0.494 e. The molecule has 0 spiro atoms. The molecule has 4 aromatic carbocycles. The molecule has 0 aromatic heterocycles. The molecule has 0 heterocycles. The summed E-state index contributed by atoms with van der Waals surface area (Å²) < 4.78 is 31.3. The van der Waals surface area contributed by atoms with Crippen LogP contribution in [-0.2, 0) is 31.7 Å². The third-order valence-electron chi connectivity index (χ3n) is 6.83. The molecular weight excluding hydrogens is 637 g/mol. The van der Waals surface area contributed by atoms with Crippen LogP contribution in [0.5, 0.6) is 11.5 Å². The SMILES string of the molecule is COC(=O)CCC(=O)Nc1cc(C(=O)NS(=O)c2ccccc2)ccc1SCCc1ccc(OCCCCOc2ccccc2)cc1. The van der Waals surface area contributed by atoms with Gasteiger partial charge in [0.25, 0.3) is 5.91 Å². The molecule has 2 N–H and O–H groups in total. The summed E-state index contributed by atoms with van der Waals surface area (Å²) in [6.45, 7) is 1.26. The first-order valence-electron chi connectivity index (χ1n) is 15.2. The molecule has 0 radical (unpaired) electrons. The number of carbonyl (C=O) groups is 3. The molecule has 11 heteroatoms. The van der Waals surface area contributed by atoms with E-state index in [-0.39, 0.29) is 24.3 Å². The van der Waals surface area contributed by atoms with Gasteiger partial charge < -0.3 is 19.5 Å². The molecule has 4 rings (SSSR count). The smallest absolute Gasteiger partial charge is 0.306 e. The minimum Gasteiger partial charge on any atom is -0.494 e. The fourth-order valence-electron chi connectivity index (χ4n) is 4.30. The van der Waals surface area contributed by atoms with E-state index < -0.39 is 22.9 Å². The summed E-state index contributed by atoms with van der Waals surface area (Å²) in [6.07, 6.45) is 2.41. The van der Waals surface area contributed by atoms with Gasteiger partial charge in [0.05, 0.1) is 37.3 Å². The summed E-state index contributed by atoms with van der Waals surface area (Å²) in [5, 5.41) is 2.82. The molecule has 0 saturated carbocycles. The second-order valence-electron chi connectivity index (χ2n) is 10.3. The molecule has 0 aliphatic carbocycles. The molecule has 4 aromatic rings. The molecule has 2 amide bonds. The fraction of sp³-hybridized carbons (Fsp3) is 0.250. The number of thioether (sulfide) groups is 1. The molecule has 0 aliphatic heterocycles. The van der Waals surface area contributed by atoms with E-state index in [9.17, 15) is 18.6 Å². The zero-order chi connectivity index (χ0) is 33.3. The van der Waals surface area contributed by atoms with Gasteiger partial charge in [-0.15, -0.1) is 11.8 Å². The van der Waals surface area contributed by atoms with Gasteiger partial charge in [0.2, 0.25) is 5.91 Å². The number of hydrogen-bond donors (Lipinski definition) is 2. The quantitative estimate of drug-likeness (QED) is 0.0688. The highest BCUT2D eigenvalue weighted by Gasteiger charge is 2.16. The van der Waals surface area contributed by atoms with Gasteiger partial charge in [-0.05, 0) is 79.4 Å². The number of benzene rings is 4. The number of nitrogens with one attached hydrogen (secondary N) is 2. The van der Waals surface area contributed by atoms with Gasteiger partial charge in [-0.2, -0.15) is 0 Å². The van der Waals surface area contributed by atoms with E-state index in [1.165, 1.54) is 18.9 Å². The van der Waals surface area contributed by atoms with E-state index in [1.807, 2.05) is 54.6 Å². The maximum Gasteiger partial charge on any atom is 0.306 e. The number of unbranched alkanes of at least 4 members (excludes halogenated alkanes) is 1. The average molecular weight is 675 g/mol.